The summed E-state index contributed by atoms with van der Waals surface area (Å²) in [6.45, 7) is 2.70. The first-order valence-electron chi connectivity index (χ1n) is 10.5. The van der Waals surface area contributed by atoms with Crippen molar-refractivity contribution in [3.05, 3.63) is 30.0 Å². The van der Waals surface area contributed by atoms with Crippen LogP contribution in [0.1, 0.15) is 31.4 Å². The SMILES string of the molecule is Cc1nc(NCC2CC2)nc(N[C@]2(O)CC[C@H](C#N)[C@H]2O)c1-c1nc2ccccc2s1. The van der Waals surface area contributed by atoms with Gasteiger partial charge in [-0.05, 0) is 50.7 Å². The van der Waals surface area contributed by atoms with Crippen LogP contribution in [-0.4, -0.2) is 43.5 Å². The molecule has 4 N–H and O–H groups in total. The Kier molecular flexibility index (Phi) is 5.01. The molecule has 0 radical (unpaired) electrons. The van der Waals surface area contributed by atoms with Gasteiger partial charge in [-0.25, -0.2) is 9.97 Å². The van der Waals surface area contributed by atoms with Crippen LogP contribution in [0.25, 0.3) is 20.8 Å². The second-order valence-corrected chi connectivity index (χ2v) is 9.47. The quantitative estimate of drug-likeness (QED) is 0.434. The normalized spacial score (nSPS) is 25.5. The highest BCUT2D eigenvalue weighted by atomic mass is 32.1. The molecular formula is C22H24N6O2S. The third-order valence-electron chi connectivity index (χ3n) is 6.05. The number of thiazole rings is 1. The monoisotopic (exact) mass is 436 g/mol. The van der Waals surface area contributed by atoms with E-state index in [2.05, 4.69) is 26.7 Å². The molecule has 5 rings (SSSR count). The molecule has 2 heterocycles. The number of aliphatic hydroxyl groups is 2. The number of anilines is 2. The number of nitriles is 1. The number of hydrogen-bond acceptors (Lipinski definition) is 9. The van der Waals surface area contributed by atoms with E-state index in [1.807, 2.05) is 31.2 Å². The molecule has 0 amide bonds. The summed E-state index contributed by atoms with van der Waals surface area (Å²) in [5.41, 5.74) is 0.662. The van der Waals surface area contributed by atoms with Gasteiger partial charge >= 0.3 is 0 Å². The molecule has 2 aliphatic carbocycles. The molecule has 8 nitrogen and oxygen atoms in total. The van der Waals surface area contributed by atoms with Crippen molar-refractivity contribution >= 4 is 33.3 Å². The smallest absolute Gasteiger partial charge is 0.224 e. The van der Waals surface area contributed by atoms with E-state index in [9.17, 15) is 15.5 Å². The van der Waals surface area contributed by atoms with E-state index in [0.717, 1.165) is 27.5 Å². The predicted octanol–water partition coefficient (Wildman–Crippen LogP) is 3.28. The molecule has 160 valence electrons. The molecule has 2 aromatic heterocycles. The number of aromatic nitrogens is 3. The minimum absolute atomic E-state index is 0.250. The summed E-state index contributed by atoms with van der Waals surface area (Å²) in [5, 5.41) is 38.0. The third-order valence-corrected chi connectivity index (χ3v) is 7.10. The van der Waals surface area contributed by atoms with Gasteiger partial charge < -0.3 is 20.8 Å². The van der Waals surface area contributed by atoms with Gasteiger partial charge in [0.1, 0.15) is 16.9 Å². The lowest BCUT2D eigenvalue weighted by Gasteiger charge is -2.30. The van der Waals surface area contributed by atoms with Crippen molar-refractivity contribution in [3.63, 3.8) is 0 Å². The molecule has 2 fully saturated rings. The van der Waals surface area contributed by atoms with E-state index < -0.39 is 17.7 Å². The zero-order chi connectivity index (χ0) is 21.6. The van der Waals surface area contributed by atoms with Gasteiger partial charge in [0.25, 0.3) is 0 Å². The van der Waals surface area contributed by atoms with Crippen LogP contribution in [0.4, 0.5) is 11.8 Å². The highest BCUT2D eigenvalue weighted by Gasteiger charge is 2.47. The van der Waals surface area contributed by atoms with E-state index in [-0.39, 0.29) is 6.42 Å². The number of aryl methyl sites for hydroxylation is 1. The lowest BCUT2D eigenvalue weighted by molar-refractivity contribution is -0.0401. The van der Waals surface area contributed by atoms with Crippen LogP contribution in [-0.2, 0) is 0 Å². The van der Waals surface area contributed by atoms with Gasteiger partial charge in [-0.1, -0.05) is 12.1 Å². The van der Waals surface area contributed by atoms with Crippen LogP contribution in [0, 0.1) is 30.1 Å². The van der Waals surface area contributed by atoms with Gasteiger partial charge in [0.15, 0.2) is 5.72 Å². The van der Waals surface area contributed by atoms with E-state index in [1.165, 1.54) is 24.2 Å². The Bertz CT molecular complexity index is 1140. The van der Waals surface area contributed by atoms with Gasteiger partial charge in [-0.15, -0.1) is 11.3 Å². The predicted molar refractivity (Wildman–Crippen MR) is 120 cm³/mol. The van der Waals surface area contributed by atoms with Crippen molar-refractivity contribution in [3.8, 4) is 16.6 Å². The minimum atomic E-state index is -1.64. The van der Waals surface area contributed by atoms with Gasteiger partial charge in [-0.2, -0.15) is 10.2 Å². The lowest BCUT2D eigenvalue weighted by atomic mass is 10.0. The van der Waals surface area contributed by atoms with Gasteiger partial charge in [0.2, 0.25) is 5.95 Å². The molecule has 1 aromatic carbocycles. The molecule has 3 atom stereocenters. The Morgan fingerprint density at radius 2 is 2.03 bits per heavy atom. The van der Waals surface area contributed by atoms with E-state index in [1.54, 1.807) is 0 Å². The van der Waals surface area contributed by atoms with Crippen LogP contribution in [0.15, 0.2) is 24.3 Å². The average molecular weight is 437 g/mol. The molecule has 2 saturated carbocycles. The number of fused-ring (bicyclic) bond motifs is 1. The van der Waals surface area contributed by atoms with Gasteiger partial charge in [0, 0.05) is 6.54 Å². The van der Waals surface area contributed by atoms with Crippen LogP contribution in [0.5, 0.6) is 0 Å². The number of benzene rings is 1. The van der Waals surface area contributed by atoms with Gasteiger partial charge in [0.05, 0.1) is 33.5 Å². The fourth-order valence-corrected chi connectivity index (χ4v) is 5.09. The first kappa shape index (κ1) is 20.1. The average Bonchev–Trinajstić information content (AvgIpc) is 3.42. The van der Waals surface area contributed by atoms with Crippen molar-refractivity contribution in [1.29, 1.82) is 5.26 Å². The Morgan fingerprint density at radius 3 is 2.74 bits per heavy atom. The third kappa shape index (κ3) is 3.82. The number of aliphatic hydroxyl groups excluding tert-OH is 1. The fraction of sp³-hybridized carbons (Fsp3) is 0.455. The first-order chi connectivity index (χ1) is 15.0. The summed E-state index contributed by atoms with van der Waals surface area (Å²) in [4.78, 5) is 14.0. The Morgan fingerprint density at radius 1 is 1.23 bits per heavy atom. The molecular weight excluding hydrogens is 412 g/mol. The van der Waals surface area contributed by atoms with Crippen molar-refractivity contribution in [1.82, 2.24) is 15.0 Å². The summed E-state index contributed by atoms with van der Waals surface area (Å²) in [6.07, 6.45) is 1.87. The summed E-state index contributed by atoms with van der Waals surface area (Å²) < 4.78 is 1.04. The first-order valence-corrected chi connectivity index (χ1v) is 11.3. The van der Waals surface area contributed by atoms with Crippen molar-refractivity contribution in [2.75, 3.05) is 17.2 Å². The summed E-state index contributed by atoms with van der Waals surface area (Å²) in [6, 6.07) is 9.95. The standard InChI is InChI=1S/C22H24N6O2S/c1-12-17(20-26-15-4-2-3-5-16(15)31-20)19(27-21(25-12)24-11-13-6-7-13)28-22(30)9-8-14(10-23)18(22)29/h2-5,13-14,18,29-30H,6-9,11H2,1H3,(H2,24,25,27,28)/t14-,18-,22+/m1/s1. The maximum absolute atomic E-state index is 11.1. The van der Waals surface area contributed by atoms with Crippen LogP contribution in [0.3, 0.4) is 0 Å². The second kappa shape index (κ2) is 7.71. The summed E-state index contributed by atoms with van der Waals surface area (Å²) >= 11 is 1.53. The Balaban J connectivity index is 1.56. The second-order valence-electron chi connectivity index (χ2n) is 8.44. The van der Waals surface area contributed by atoms with Gasteiger partial charge in [-0.3, -0.25) is 0 Å². The van der Waals surface area contributed by atoms with Crippen molar-refractivity contribution < 1.29 is 10.2 Å². The maximum Gasteiger partial charge on any atom is 0.224 e. The molecule has 31 heavy (non-hydrogen) atoms. The van der Waals surface area contributed by atoms with E-state index in [4.69, 9.17) is 4.98 Å². The number of nitrogens with zero attached hydrogens (tertiary/aromatic N) is 4. The highest BCUT2D eigenvalue weighted by Crippen LogP contribution is 2.40. The highest BCUT2D eigenvalue weighted by molar-refractivity contribution is 7.21. The number of para-hydroxylation sites is 1. The largest absolute Gasteiger partial charge is 0.387 e. The fourth-order valence-electron chi connectivity index (χ4n) is 4.03. The summed E-state index contributed by atoms with van der Waals surface area (Å²) in [5.74, 6) is 0.912. The van der Waals surface area contributed by atoms with Crippen LogP contribution in [0.2, 0.25) is 0 Å². The topological polar surface area (TPSA) is 127 Å². The number of hydrogen-bond donors (Lipinski definition) is 4. The minimum Gasteiger partial charge on any atom is -0.387 e. The molecule has 0 saturated heterocycles. The lowest BCUT2D eigenvalue weighted by Crippen LogP contribution is -2.47. The number of rotatable bonds is 6. The molecule has 0 aliphatic heterocycles. The van der Waals surface area contributed by atoms with Crippen molar-refractivity contribution in [2.45, 2.75) is 44.4 Å². The molecule has 0 bridgehead atoms. The summed E-state index contributed by atoms with van der Waals surface area (Å²) in [7, 11) is 0. The molecule has 0 unspecified atom stereocenters. The Hall–Kier alpha value is -2.80. The number of nitrogens with one attached hydrogen (secondary N) is 2. The zero-order valence-corrected chi connectivity index (χ0v) is 18.0. The van der Waals surface area contributed by atoms with Crippen LogP contribution < -0.4 is 10.6 Å². The molecule has 0 spiro atoms. The maximum atomic E-state index is 11.1. The molecule has 2 aliphatic rings. The molecule has 9 heteroatoms. The van der Waals surface area contributed by atoms with E-state index >= 15 is 0 Å². The zero-order valence-electron chi connectivity index (χ0n) is 17.2. The van der Waals surface area contributed by atoms with E-state index in [0.29, 0.717) is 29.7 Å². The molecule has 3 aromatic rings. The van der Waals surface area contributed by atoms with Crippen molar-refractivity contribution in [2.24, 2.45) is 11.8 Å². The Labute approximate surface area is 184 Å². The van der Waals surface area contributed by atoms with Crippen LogP contribution >= 0.6 is 11.3 Å².